The van der Waals surface area contributed by atoms with E-state index < -0.39 is 0 Å². The number of pyridine rings is 1. The van der Waals surface area contributed by atoms with Crippen molar-refractivity contribution in [3.05, 3.63) is 42.2 Å². The summed E-state index contributed by atoms with van der Waals surface area (Å²) in [5.74, 6) is 5.48. The molecule has 1 unspecified atom stereocenters. The number of hydrazine groups is 1. The smallest absolute Gasteiger partial charge is 0.0478 e. The van der Waals surface area contributed by atoms with Gasteiger partial charge in [0.15, 0.2) is 0 Å². The highest BCUT2D eigenvalue weighted by molar-refractivity contribution is 5.20. The van der Waals surface area contributed by atoms with Crippen molar-refractivity contribution in [2.75, 3.05) is 0 Å². The van der Waals surface area contributed by atoms with E-state index in [0.717, 1.165) is 24.0 Å². The maximum Gasteiger partial charge on any atom is 0.0478 e. The molecule has 76 valence electrons. The minimum Gasteiger partial charge on any atom is -0.271 e. The Labute approximate surface area is 85.0 Å². The summed E-state index contributed by atoms with van der Waals surface area (Å²) in [6.45, 7) is 5.72. The number of allylic oxidation sites excluding steroid dienone is 1. The summed E-state index contributed by atoms with van der Waals surface area (Å²) in [5, 5.41) is 0. The van der Waals surface area contributed by atoms with Crippen LogP contribution in [0.5, 0.6) is 0 Å². The Morgan fingerprint density at radius 2 is 2.43 bits per heavy atom. The van der Waals surface area contributed by atoms with E-state index in [1.54, 1.807) is 0 Å². The number of hydrogen-bond acceptors (Lipinski definition) is 3. The van der Waals surface area contributed by atoms with Crippen molar-refractivity contribution in [1.82, 2.24) is 10.4 Å². The van der Waals surface area contributed by atoms with Crippen LogP contribution in [-0.2, 0) is 0 Å². The predicted molar refractivity (Wildman–Crippen MR) is 58.5 cm³/mol. The van der Waals surface area contributed by atoms with Crippen LogP contribution in [0.3, 0.4) is 0 Å². The van der Waals surface area contributed by atoms with Crippen LogP contribution in [-0.4, -0.2) is 4.98 Å². The van der Waals surface area contributed by atoms with E-state index in [1.165, 1.54) is 0 Å². The molecule has 0 aliphatic rings. The van der Waals surface area contributed by atoms with Gasteiger partial charge in [-0.15, -0.1) is 6.58 Å². The molecule has 0 spiro atoms. The fourth-order valence-electron chi connectivity index (χ4n) is 1.40. The highest BCUT2D eigenvalue weighted by atomic mass is 15.2. The molecule has 0 amide bonds. The number of aromatic nitrogens is 1. The summed E-state index contributed by atoms with van der Waals surface area (Å²) in [7, 11) is 0. The summed E-state index contributed by atoms with van der Waals surface area (Å²) in [6, 6.07) is 2.26. The van der Waals surface area contributed by atoms with Crippen LogP contribution in [0.2, 0.25) is 0 Å². The Bertz CT molecular complexity index is 296. The molecule has 1 heterocycles. The third-order valence-corrected chi connectivity index (χ3v) is 2.16. The van der Waals surface area contributed by atoms with Crippen LogP contribution in [0, 0.1) is 6.92 Å². The van der Waals surface area contributed by atoms with Crippen molar-refractivity contribution < 1.29 is 0 Å². The van der Waals surface area contributed by atoms with Gasteiger partial charge in [0.05, 0.1) is 0 Å². The van der Waals surface area contributed by atoms with Crippen LogP contribution in [0.15, 0.2) is 31.1 Å². The molecule has 1 aromatic rings. The topological polar surface area (TPSA) is 50.9 Å². The molecule has 0 fully saturated rings. The van der Waals surface area contributed by atoms with Gasteiger partial charge in [0, 0.05) is 18.4 Å². The number of nitrogens with one attached hydrogen (secondary N) is 1. The molecule has 1 rings (SSSR count). The summed E-state index contributed by atoms with van der Waals surface area (Å²) in [4.78, 5) is 4.14. The lowest BCUT2D eigenvalue weighted by Crippen LogP contribution is -2.28. The van der Waals surface area contributed by atoms with E-state index in [-0.39, 0.29) is 6.04 Å². The Kier molecular flexibility index (Phi) is 4.29. The van der Waals surface area contributed by atoms with E-state index in [4.69, 9.17) is 5.84 Å². The molecule has 0 aliphatic heterocycles. The molecule has 0 saturated heterocycles. The van der Waals surface area contributed by atoms with Crippen LogP contribution in [0.4, 0.5) is 0 Å². The SMILES string of the molecule is C=CCCC(NN)c1cncc(C)c1. The lowest BCUT2D eigenvalue weighted by molar-refractivity contribution is 0.519. The zero-order chi connectivity index (χ0) is 10.4. The molecule has 0 aliphatic carbocycles. The number of nitrogens with two attached hydrogens (primary N) is 1. The van der Waals surface area contributed by atoms with Crippen LogP contribution in [0.1, 0.15) is 30.0 Å². The second kappa shape index (κ2) is 5.52. The molecule has 3 nitrogen and oxygen atoms in total. The second-order valence-corrected chi connectivity index (χ2v) is 3.38. The van der Waals surface area contributed by atoms with E-state index in [2.05, 4.69) is 23.1 Å². The Hall–Kier alpha value is -1.19. The average Bonchev–Trinajstić information content (AvgIpc) is 2.19. The quantitative estimate of drug-likeness (QED) is 0.424. The molecule has 14 heavy (non-hydrogen) atoms. The maximum absolute atomic E-state index is 5.48. The lowest BCUT2D eigenvalue weighted by atomic mass is 10.0. The predicted octanol–water partition coefficient (Wildman–Crippen LogP) is 1.86. The van der Waals surface area contributed by atoms with Crippen molar-refractivity contribution >= 4 is 0 Å². The summed E-state index contributed by atoms with van der Waals surface area (Å²) < 4.78 is 0. The first-order valence-electron chi connectivity index (χ1n) is 4.76. The van der Waals surface area contributed by atoms with Gasteiger partial charge in [-0.05, 0) is 30.9 Å². The number of rotatable bonds is 5. The minimum atomic E-state index is 0.167. The van der Waals surface area contributed by atoms with Crippen LogP contribution < -0.4 is 11.3 Å². The van der Waals surface area contributed by atoms with Gasteiger partial charge in [-0.2, -0.15) is 0 Å². The van der Waals surface area contributed by atoms with Crippen LogP contribution in [0.25, 0.3) is 0 Å². The van der Waals surface area contributed by atoms with Crippen molar-refractivity contribution in [2.45, 2.75) is 25.8 Å². The van der Waals surface area contributed by atoms with Gasteiger partial charge in [-0.1, -0.05) is 12.1 Å². The number of nitrogens with zero attached hydrogens (tertiary/aromatic N) is 1. The molecule has 0 saturated carbocycles. The fraction of sp³-hybridized carbons (Fsp3) is 0.364. The fourth-order valence-corrected chi connectivity index (χ4v) is 1.40. The molecule has 1 atom stereocenters. The molecule has 0 aromatic carbocycles. The van der Waals surface area contributed by atoms with Crippen molar-refractivity contribution in [3.8, 4) is 0 Å². The van der Waals surface area contributed by atoms with Gasteiger partial charge < -0.3 is 0 Å². The summed E-state index contributed by atoms with van der Waals surface area (Å²) >= 11 is 0. The first-order chi connectivity index (χ1) is 6.77. The van der Waals surface area contributed by atoms with E-state index in [1.807, 2.05) is 25.4 Å². The third kappa shape index (κ3) is 2.94. The van der Waals surface area contributed by atoms with Gasteiger partial charge >= 0.3 is 0 Å². The molecule has 3 N–H and O–H groups in total. The summed E-state index contributed by atoms with van der Waals surface area (Å²) in [5.41, 5.74) is 5.08. The van der Waals surface area contributed by atoms with E-state index in [9.17, 15) is 0 Å². The van der Waals surface area contributed by atoms with Gasteiger partial charge in [0.25, 0.3) is 0 Å². The van der Waals surface area contributed by atoms with Gasteiger partial charge in [-0.25, -0.2) is 0 Å². The number of hydrogen-bond donors (Lipinski definition) is 2. The van der Waals surface area contributed by atoms with Gasteiger partial charge in [0.1, 0.15) is 0 Å². The maximum atomic E-state index is 5.48. The highest BCUT2D eigenvalue weighted by Gasteiger charge is 2.08. The monoisotopic (exact) mass is 191 g/mol. The first-order valence-corrected chi connectivity index (χ1v) is 4.76. The standard InChI is InChI=1S/C11H17N3/c1-3-4-5-11(14-12)10-6-9(2)7-13-8-10/h3,6-8,11,14H,1,4-5,12H2,2H3. The zero-order valence-corrected chi connectivity index (χ0v) is 8.53. The van der Waals surface area contributed by atoms with Crippen molar-refractivity contribution in [2.24, 2.45) is 5.84 Å². The third-order valence-electron chi connectivity index (χ3n) is 2.16. The Balaban J connectivity index is 2.72. The van der Waals surface area contributed by atoms with Crippen molar-refractivity contribution in [1.29, 1.82) is 0 Å². The highest BCUT2D eigenvalue weighted by Crippen LogP contribution is 2.17. The molecule has 3 heteroatoms. The first kappa shape index (κ1) is 10.9. The van der Waals surface area contributed by atoms with E-state index in [0.29, 0.717) is 0 Å². The largest absolute Gasteiger partial charge is 0.271 e. The average molecular weight is 191 g/mol. The van der Waals surface area contributed by atoms with Crippen LogP contribution >= 0.6 is 0 Å². The van der Waals surface area contributed by atoms with Gasteiger partial charge in [-0.3, -0.25) is 16.3 Å². The summed E-state index contributed by atoms with van der Waals surface area (Å²) in [6.07, 6.45) is 7.48. The molecule has 0 radical (unpaired) electrons. The van der Waals surface area contributed by atoms with Crippen molar-refractivity contribution in [3.63, 3.8) is 0 Å². The van der Waals surface area contributed by atoms with E-state index >= 15 is 0 Å². The van der Waals surface area contributed by atoms with Gasteiger partial charge in [0.2, 0.25) is 0 Å². The molecule has 0 bridgehead atoms. The zero-order valence-electron chi connectivity index (χ0n) is 8.53. The Morgan fingerprint density at radius 1 is 1.64 bits per heavy atom. The molecular formula is C11H17N3. The normalized spacial score (nSPS) is 12.4. The minimum absolute atomic E-state index is 0.167. The molecular weight excluding hydrogens is 174 g/mol. The molecule has 1 aromatic heterocycles. The second-order valence-electron chi connectivity index (χ2n) is 3.38. The Morgan fingerprint density at radius 3 is 3.00 bits per heavy atom. The lowest BCUT2D eigenvalue weighted by Gasteiger charge is -2.15. The number of aryl methyl sites for hydroxylation is 1.